The van der Waals surface area contributed by atoms with Crippen LogP contribution in [0.2, 0.25) is 0 Å². The molecule has 2 aromatic rings. The highest BCUT2D eigenvalue weighted by atomic mass is 19.1. The van der Waals surface area contributed by atoms with Gasteiger partial charge in [0.1, 0.15) is 17.7 Å². The monoisotopic (exact) mass is 363 g/mol. The zero-order chi connectivity index (χ0) is 19.3. The molecule has 1 heterocycles. The van der Waals surface area contributed by atoms with Crippen LogP contribution in [0.3, 0.4) is 0 Å². The summed E-state index contributed by atoms with van der Waals surface area (Å²) < 4.78 is 14.5. The third kappa shape index (κ3) is 4.84. The van der Waals surface area contributed by atoms with E-state index in [4.69, 9.17) is 5.11 Å². The van der Waals surface area contributed by atoms with Gasteiger partial charge in [-0.15, -0.1) is 5.10 Å². The van der Waals surface area contributed by atoms with Crippen molar-refractivity contribution in [1.29, 1.82) is 0 Å². The molecule has 0 radical (unpaired) electrons. The van der Waals surface area contributed by atoms with Gasteiger partial charge in [-0.25, -0.2) is 9.07 Å². The lowest BCUT2D eigenvalue weighted by Gasteiger charge is -2.21. The molecule has 0 saturated heterocycles. The van der Waals surface area contributed by atoms with Gasteiger partial charge in [0.05, 0.1) is 5.41 Å². The Hall–Kier alpha value is -2.84. The summed E-state index contributed by atoms with van der Waals surface area (Å²) in [4.78, 5) is 23.8. The van der Waals surface area contributed by atoms with Crippen molar-refractivity contribution >= 4 is 11.9 Å². The van der Waals surface area contributed by atoms with Gasteiger partial charge < -0.3 is 10.4 Å². The highest BCUT2D eigenvalue weighted by Gasteiger charge is 2.28. The van der Waals surface area contributed by atoms with E-state index in [-0.39, 0.29) is 31.1 Å². The summed E-state index contributed by atoms with van der Waals surface area (Å²) >= 11 is 0. The molecule has 1 atom stereocenters. The number of aryl methyl sites for hydroxylation is 1. The molecule has 140 valence electrons. The summed E-state index contributed by atoms with van der Waals surface area (Å²) in [6.45, 7) is 5.09. The molecule has 0 aliphatic heterocycles. The Kier molecular flexibility index (Phi) is 6.01. The predicted octanol–water partition coefficient (Wildman–Crippen LogP) is 1.52. The van der Waals surface area contributed by atoms with Crippen LogP contribution in [0.4, 0.5) is 4.39 Å². The zero-order valence-electron chi connectivity index (χ0n) is 14.9. The molecule has 9 heteroatoms. The fourth-order valence-electron chi connectivity index (χ4n) is 2.38. The fourth-order valence-corrected chi connectivity index (χ4v) is 2.38. The van der Waals surface area contributed by atoms with E-state index in [0.717, 1.165) is 5.56 Å². The minimum Gasteiger partial charge on any atom is -0.481 e. The van der Waals surface area contributed by atoms with Gasteiger partial charge in [-0.3, -0.25) is 9.59 Å². The first-order chi connectivity index (χ1) is 12.2. The van der Waals surface area contributed by atoms with E-state index in [0.29, 0.717) is 5.82 Å². The van der Waals surface area contributed by atoms with Crippen molar-refractivity contribution in [3.63, 3.8) is 0 Å². The van der Waals surface area contributed by atoms with Gasteiger partial charge in [0.2, 0.25) is 5.91 Å². The number of carboxylic acid groups (broad SMARTS) is 1. The van der Waals surface area contributed by atoms with Gasteiger partial charge in [0, 0.05) is 13.0 Å². The summed E-state index contributed by atoms with van der Waals surface area (Å²) in [6.07, 6.45) is 0.562. The quantitative estimate of drug-likeness (QED) is 0.736. The molecule has 2 rings (SSSR count). The van der Waals surface area contributed by atoms with Gasteiger partial charge in [0.25, 0.3) is 0 Å². The third-order valence-electron chi connectivity index (χ3n) is 4.23. The number of aromatic nitrogens is 4. The van der Waals surface area contributed by atoms with Crippen molar-refractivity contribution in [2.24, 2.45) is 5.41 Å². The lowest BCUT2D eigenvalue weighted by molar-refractivity contribution is -0.147. The van der Waals surface area contributed by atoms with E-state index < -0.39 is 17.4 Å². The number of carbonyl (C=O) groups is 2. The number of nitrogens with zero attached hydrogens (tertiary/aromatic N) is 4. The Bertz CT molecular complexity index is 773. The first-order valence-corrected chi connectivity index (χ1v) is 8.21. The number of halogens is 1. The topological polar surface area (TPSA) is 110 Å². The molecule has 0 spiro atoms. The number of rotatable bonds is 8. The number of hydrogen-bond acceptors (Lipinski definition) is 5. The Morgan fingerprint density at radius 3 is 2.50 bits per heavy atom. The van der Waals surface area contributed by atoms with Crippen LogP contribution in [-0.4, -0.2) is 43.7 Å². The molecule has 26 heavy (non-hydrogen) atoms. The molecule has 0 bridgehead atoms. The molecular weight excluding hydrogens is 341 g/mol. The Labute approximate surface area is 150 Å². The molecule has 1 amide bonds. The molecule has 1 aromatic heterocycles. The van der Waals surface area contributed by atoms with Crippen LogP contribution in [0.15, 0.2) is 24.3 Å². The van der Waals surface area contributed by atoms with E-state index in [9.17, 15) is 14.0 Å². The number of benzene rings is 1. The van der Waals surface area contributed by atoms with Crippen molar-refractivity contribution < 1.29 is 19.1 Å². The predicted molar refractivity (Wildman–Crippen MR) is 90.7 cm³/mol. The summed E-state index contributed by atoms with van der Waals surface area (Å²) in [5.74, 6) is -1.14. The third-order valence-corrected chi connectivity index (χ3v) is 4.23. The van der Waals surface area contributed by atoms with Crippen LogP contribution < -0.4 is 5.32 Å². The second-order valence-electron chi connectivity index (χ2n) is 6.75. The summed E-state index contributed by atoms with van der Waals surface area (Å²) in [7, 11) is 0. The Morgan fingerprint density at radius 2 is 1.96 bits per heavy atom. The highest BCUT2D eigenvalue weighted by molar-refractivity contribution is 5.80. The maximum atomic E-state index is 13.1. The van der Waals surface area contributed by atoms with E-state index in [2.05, 4.69) is 20.8 Å². The van der Waals surface area contributed by atoms with Gasteiger partial charge in [-0.1, -0.05) is 12.1 Å². The number of hydrogen-bond donors (Lipinski definition) is 2. The molecule has 0 fully saturated rings. The number of carboxylic acids is 1. The minimum absolute atomic E-state index is 0.208. The molecule has 1 unspecified atom stereocenters. The summed E-state index contributed by atoms with van der Waals surface area (Å²) in [5, 5.41) is 23.1. The molecular formula is C17H22FN5O3. The minimum atomic E-state index is -0.940. The molecule has 0 aliphatic rings. The molecule has 2 N–H and O–H groups in total. The second kappa shape index (κ2) is 8.03. The average molecular weight is 363 g/mol. The Morgan fingerprint density at radius 1 is 1.31 bits per heavy atom. The number of amides is 1. The summed E-state index contributed by atoms with van der Waals surface area (Å²) in [6, 6.07) is 5.13. The van der Waals surface area contributed by atoms with Crippen molar-refractivity contribution in [1.82, 2.24) is 25.5 Å². The van der Waals surface area contributed by atoms with Crippen LogP contribution in [0.25, 0.3) is 0 Å². The number of carbonyl (C=O) groups excluding carboxylic acids is 1. The van der Waals surface area contributed by atoms with Crippen LogP contribution in [0, 0.1) is 18.2 Å². The van der Waals surface area contributed by atoms with Crippen LogP contribution in [-0.2, 0) is 16.0 Å². The number of nitrogens with one attached hydrogen (secondary N) is 1. The second-order valence-corrected chi connectivity index (χ2v) is 6.75. The molecule has 0 aliphatic carbocycles. The Balaban J connectivity index is 2.11. The van der Waals surface area contributed by atoms with Gasteiger partial charge >= 0.3 is 5.97 Å². The van der Waals surface area contributed by atoms with Crippen LogP contribution in [0.1, 0.15) is 37.7 Å². The van der Waals surface area contributed by atoms with E-state index >= 15 is 0 Å². The van der Waals surface area contributed by atoms with Gasteiger partial charge in [0.15, 0.2) is 0 Å². The van der Waals surface area contributed by atoms with Crippen LogP contribution in [0.5, 0.6) is 0 Å². The molecule has 1 aromatic carbocycles. The van der Waals surface area contributed by atoms with E-state index in [1.54, 1.807) is 32.9 Å². The average Bonchev–Trinajstić information content (AvgIpc) is 2.99. The maximum Gasteiger partial charge on any atom is 0.309 e. The first-order valence-electron chi connectivity index (χ1n) is 8.21. The first kappa shape index (κ1) is 19.5. The van der Waals surface area contributed by atoms with E-state index in [1.165, 1.54) is 16.8 Å². The standard InChI is InChI=1S/C17H22FN5O3/c1-11-20-21-22-23(11)14(10-12-4-6-13(18)7-5-12)15(24)19-9-8-17(2,3)16(25)26/h4-7,14H,8-10H2,1-3H3,(H,19,24)(H,25,26). The SMILES string of the molecule is Cc1nnnn1C(Cc1ccc(F)cc1)C(=O)NCCC(C)(C)C(=O)O. The lowest BCUT2D eigenvalue weighted by Crippen LogP contribution is -2.37. The number of tetrazole rings is 1. The van der Waals surface area contributed by atoms with E-state index in [1.807, 2.05) is 0 Å². The van der Waals surface area contributed by atoms with Crippen molar-refractivity contribution in [3.8, 4) is 0 Å². The van der Waals surface area contributed by atoms with Crippen molar-refractivity contribution in [3.05, 3.63) is 41.5 Å². The fraction of sp³-hybridized carbons (Fsp3) is 0.471. The zero-order valence-corrected chi connectivity index (χ0v) is 14.9. The smallest absolute Gasteiger partial charge is 0.309 e. The number of aliphatic carboxylic acids is 1. The summed E-state index contributed by atoms with van der Waals surface area (Å²) in [5.41, 5.74) is -0.183. The molecule has 8 nitrogen and oxygen atoms in total. The van der Waals surface area contributed by atoms with Crippen molar-refractivity contribution in [2.75, 3.05) is 6.54 Å². The molecule has 0 saturated carbocycles. The largest absolute Gasteiger partial charge is 0.481 e. The van der Waals surface area contributed by atoms with Crippen molar-refractivity contribution in [2.45, 2.75) is 39.7 Å². The maximum absolute atomic E-state index is 13.1. The van der Waals surface area contributed by atoms with Gasteiger partial charge in [-0.05, 0) is 55.3 Å². The van der Waals surface area contributed by atoms with Crippen LogP contribution >= 0.6 is 0 Å². The highest BCUT2D eigenvalue weighted by Crippen LogP contribution is 2.20. The lowest BCUT2D eigenvalue weighted by atomic mass is 9.89. The van der Waals surface area contributed by atoms with Gasteiger partial charge in [-0.2, -0.15) is 0 Å². The normalized spacial score (nSPS) is 12.6.